The van der Waals surface area contributed by atoms with E-state index in [2.05, 4.69) is 15.9 Å². The first kappa shape index (κ1) is 13.0. The van der Waals surface area contributed by atoms with Gasteiger partial charge in [-0.2, -0.15) is 0 Å². The molecule has 2 N–H and O–H groups in total. The van der Waals surface area contributed by atoms with Gasteiger partial charge in [-0.3, -0.25) is 4.79 Å². The van der Waals surface area contributed by atoms with Crippen molar-refractivity contribution >= 4 is 27.9 Å². The van der Waals surface area contributed by atoms with Crippen LogP contribution in [-0.2, 0) is 9.59 Å². The minimum Gasteiger partial charge on any atom is -0.481 e. The van der Waals surface area contributed by atoms with Crippen LogP contribution in [0.2, 0.25) is 0 Å². The van der Waals surface area contributed by atoms with E-state index in [1.807, 2.05) is 0 Å². The zero-order valence-corrected chi connectivity index (χ0v) is 10.7. The van der Waals surface area contributed by atoms with E-state index in [9.17, 15) is 14.7 Å². The highest BCUT2D eigenvalue weighted by atomic mass is 79.9. The zero-order chi connectivity index (χ0) is 12.5. The molecule has 0 aromatic carbocycles. The Balaban J connectivity index is 3.24. The van der Waals surface area contributed by atoms with E-state index in [1.165, 1.54) is 6.08 Å². The standard InChI is InChI=1S/C11H13BrO4/c1-6-5-7(9(13)14)8(12)3-4-11(6,2)10(15)16/h5H,3-4H2,1-2H3,(H,13,14)(H,15,16). The summed E-state index contributed by atoms with van der Waals surface area (Å²) in [5, 5.41) is 18.2. The zero-order valence-electron chi connectivity index (χ0n) is 9.08. The molecule has 1 aliphatic carbocycles. The van der Waals surface area contributed by atoms with E-state index in [0.29, 0.717) is 22.9 Å². The van der Waals surface area contributed by atoms with Gasteiger partial charge in [-0.25, -0.2) is 4.79 Å². The van der Waals surface area contributed by atoms with Crippen LogP contribution in [0.5, 0.6) is 0 Å². The number of rotatable bonds is 2. The van der Waals surface area contributed by atoms with Gasteiger partial charge in [0, 0.05) is 4.48 Å². The molecule has 0 fully saturated rings. The van der Waals surface area contributed by atoms with Crippen LogP contribution in [-0.4, -0.2) is 22.2 Å². The number of halogens is 1. The summed E-state index contributed by atoms with van der Waals surface area (Å²) in [5.74, 6) is -1.96. The first-order valence-corrected chi connectivity index (χ1v) is 5.62. The van der Waals surface area contributed by atoms with E-state index in [1.54, 1.807) is 13.8 Å². The highest BCUT2D eigenvalue weighted by Gasteiger charge is 2.37. The van der Waals surface area contributed by atoms with Crippen molar-refractivity contribution in [3.05, 3.63) is 21.7 Å². The average molecular weight is 289 g/mol. The van der Waals surface area contributed by atoms with Crippen LogP contribution in [0.4, 0.5) is 0 Å². The molecule has 1 rings (SSSR count). The second-order valence-electron chi connectivity index (χ2n) is 4.09. The first-order valence-electron chi connectivity index (χ1n) is 4.83. The number of hydrogen-bond donors (Lipinski definition) is 2. The molecule has 0 saturated heterocycles. The van der Waals surface area contributed by atoms with Crippen LogP contribution in [0.25, 0.3) is 0 Å². The van der Waals surface area contributed by atoms with E-state index in [-0.39, 0.29) is 5.57 Å². The van der Waals surface area contributed by atoms with Crippen molar-refractivity contribution in [3.63, 3.8) is 0 Å². The number of carboxylic acid groups (broad SMARTS) is 2. The molecule has 0 amide bonds. The van der Waals surface area contributed by atoms with Crippen LogP contribution in [0.15, 0.2) is 21.7 Å². The summed E-state index contributed by atoms with van der Waals surface area (Å²) in [7, 11) is 0. The molecule has 16 heavy (non-hydrogen) atoms. The van der Waals surface area contributed by atoms with Gasteiger partial charge in [-0.15, -0.1) is 0 Å². The van der Waals surface area contributed by atoms with Crippen molar-refractivity contribution in [2.45, 2.75) is 26.7 Å². The van der Waals surface area contributed by atoms with Gasteiger partial charge in [0.1, 0.15) is 0 Å². The van der Waals surface area contributed by atoms with Crippen molar-refractivity contribution < 1.29 is 19.8 Å². The van der Waals surface area contributed by atoms with Crippen LogP contribution >= 0.6 is 15.9 Å². The lowest BCUT2D eigenvalue weighted by Gasteiger charge is -2.24. The lowest BCUT2D eigenvalue weighted by Crippen LogP contribution is -2.28. The number of carbonyl (C=O) groups is 2. The third-order valence-electron chi connectivity index (χ3n) is 3.07. The molecule has 1 atom stereocenters. The van der Waals surface area contributed by atoms with E-state index >= 15 is 0 Å². The molecule has 1 unspecified atom stereocenters. The van der Waals surface area contributed by atoms with E-state index < -0.39 is 17.4 Å². The molecular weight excluding hydrogens is 276 g/mol. The fraction of sp³-hybridized carbons (Fsp3) is 0.455. The molecular formula is C11H13BrO4. The molecule has 0 saturated carbocycles. The minimum absolute atomic E-state index is 0.141. The van der Waals surface area contributed by atoms with Gasteiger partial charge >= 0.3 is 11.9 Å². The molecule has 0 aliphatic heterocycles. The molecule has 0 aromatic heterocycles. The Hall–Kier alpha value is -1.10. The lowest BCUT2D eigenvalue weighted by molar-refractivity contribution is -0.146. The molecule has 1 aliphatic rings. The van der Waals surface area contributed by atoms with Crippen LogP contribution < -0.4 is 0 Å². The third-order valence-corrected chi connectivity index (χ3v) is 3.89. The van der Waals surface area contributed by atoms with Gasteiger partial charge in [-0.05, 0) is 32.8 Å². The maximum Gasteiger partial charge on any atom is 0.336 e. The maximum atomic E-state index is 11.2. The summed E-state index contributed by atoms with van der Waals surface area (Å²) < 4.78 is 0.546. The quantitative estimate of drug-likeness (QED) is 0.819. The summed E-state index contributed by atoms with van der Waals surface area (Å²) >= 11 is 3.19. The summed E-state index contributed by atoms with van der Waals surface area (Å²) in [6.45, 7) is 3.27. The summed E-state index contributed by atoms with van der Waals surface area (Å²) in [5.41, 5.74) is -0.287. The van der Waals surface area contributed by atoms with E-state index in [4.69, 9.17) is 5.11 Å². The number of hydrogen-bond acceptors (Lipinski definition) is 2. The third kappa shape index (κ3) is 2.19. The van der Waals surface area contributed by atoms with Crippen molar-refractivity contribution in [2.24, 2.45) is 5.41 Å². The summed E-state index contributed by atoms with van der Waals surface area (Å²) in [6, 6.07) is 0. The molecule has 0 heterocycles. The largest absolute Gasteiger partial charge is 0.481 e. The fourth-order valence-corrected chi connectivity index (χ4v) is 2.08. The lowest BCUT2D eigenvalue weighted by atomic mass is 9.79. The smallest absolute Gasteiger partial charge is 0.336 e. The van der Waals surface area contributed by atoms with E-state index in [0.717, 1.165) is 0 Å². The Morgan fingerprint density at radius 2 is 2.00 bits per heavy atom. The minimum atomic E-state index is -1.04. The van der Waals surface area contributed by atoms with Crippen molar-refractivity contribution in [1.29, 1.82) is 0 Å². The molecule has 5 heteroatoms. The Kier molecular flexibility index (Phi) is 3.57. The average Bonchev–Trinajstić information content (AvgIpc) is 2.30. The highest BCUT2D eigenvalue weighted by Crippen LogP contribution is 2.39. The normalized spacial score (nSPS) is 26.1. The molecule has 88 valence electrons. The van der Waals surface area contributed by atoms with Crippen molar-refractivity contribution in [2.75, 3.05) is 0 Å². The maximum absolute atomic E-state index is 11.2. The Bertz CT molecular complexity index is 408. The van der Waals surface area contributed by atoms with Crippen molar-refractivity contribution in [1.82, 2.24) is 0 Å². The van der Waals surface area contributed by atoms with Gasteiger partial charge in [-0.1, -0.05) is 21.5 Å². The van der Waals surface area contributed by atoms with Crippen LogP contribution in [0.1, 0.15) is 26.7 Å². The summed E-state index contributed by atoms with van der Waals surface area (Å²) in [4.78, 5) is 22.2. The molecule has 0 spiro atoms. The number of allylic oxidation sites excluding steroid dienone is 1. The Labute approximate surface area is 102 Å². The molecule has 0 radical (unpaired) electrons. The van der Waals surface area contributed by atoms with Gasteiger partial charge in [0.05, 0.1) is 11.0 Å². The van der Waals surface area contributed by atoms with Crippen molar-refractivity contribution in [3.8, 4) is 0 Å². The predicted molar refractivity (Wildman–Crippen MR) is 62.3 cm³/mol. The first-order chi connectivity index (χ1) is 7.29. The topological polar surface area (TPSA) is 74.6 Å². The molecule has 0 aromatic rings. The number of aliphatic carboxylic acids is 2. The fourth-order valence-electron chi connectivity index (χ4n) is 1.60. The highest BCUT2D eigenvalue weighted by molar-refractivity contribution is 9.11. The SMILES string of the molecule is CC1=CC(C(=O)O)=C(Br)CCC1(C)C(=O)O. The van der Waals surface area contributed by atoms with Gasteiger partial charge in [0.2, 0.25) is 0 Å². The van der Waals surface area contributed by atoms with Gasteiger partial charge < -0.3 is 10.2 Å². The predicted octanol–water partition coefficient (Wildman–Crippen LogP) is 2.55. The number of carboxylic acids is 2. The van der Waals surface area contributed by atoms with Gasteiger partial charge in [0.25, 0.3) is 0 Å². The second kappa shape index (κ2) is 4.41. The monoisotopic (exact) mass is 288 g/mol. The van der Waals surface area contributed by atoms with Crippen LogP contribution in [0, 0.1) is 5.41 Å². The Morgan fingerprint density at radius 1 is 1.44 bits per heavy atom. The van der Waals surface area contributed by atoms with Gasteiger partial charge in [0.15, 0.2) is 0 Å². The molecule has 0 bridgehead atoms. The summed E-state index contributed by atoms with van der Waals surface area (Å²) in [6.07, 6.45) is 2.24. The Morgan fingerprint density at radius 3 is 2.44 bits per heavy atom. The molecule has 4 nitrogen and oxygen atoms in total. The second-order valence-corrected chi connectivity index (χ2v) is 5.05. The van der Waals surface area contributed by atoms with Crippen LogP contribution in [0.3, 0.4) is 0 Å².